The molecule has 0 heterocycles. The largest absolute Gasteiger partial charge is 0.374 e. The number of nitrogens with zero attached hydrogens (tertiary/aromatic N) is 1. The van der Waals surface area contributed by atoms with Gasteiger partial charge in [-0.2, -0.15) is 5.26 Å². The maximum Gasteiger partial charge on any atom is 0.0991 e. The van der Waals surface area contributed by atoms with Gasteiger partial charge in [0.25, 0.3) is 0 Å². The summed E-state index contributed by atoms with van der Waals surface area (Å²) < 4.78 is 5.99. The molecular weight excluding hydrogens is 270 g/mol. The second-order valence-corrected chi connectivity index (χ2v) is 6.29. The van der Waals surface area contributed by atoms with Gasteiger partial charge in [-0.25, -0.2) is 0 Å². The Kier molecular flexibility index (Phi) is 6.68. The maximum atomic E-state index is 8.89. The first-order chi connectivity index (χ1) is 10.8. The van der Waals surface area contributed by atoms with Crippen molar-refractivity contribution in [3.63, 3.8) is 0 Å². The van der Waals surface area contributed by atoms with Crippen LogP contribution in [-0.2, 0) is 4.74 Å². The second kappa shape index (κ2) is 8.76. The number of hydrogen-bond donors (Lipinski definition) is 0. The zero-order valence-electron chi connectivity index (χ0n) is 13.6. The molecule has 1 aliphatic carbocycles. The zero-order chi connectivity index (χ0) is 15.8. The van der Waals surface area contributed by atoms with E-state index in [1.165, 1.54) is 37.7 Å². The summed E-state index contributed by atoms with van der Waals surface area (Å²) >= 11 is 0. The first-order valence-corrected chi connectivity index (χ1v) is 8.51. The third-order valence-corrected chi connectivity index (χ3v) is 4.81. The van der Waals surface area contributed by atoms with Gasteiger partial charge in [0, 0.05) is 0 Å². The summed E-state index contributed by atoms with van der Waals surface area (Å²) in [4.78, 5) is 0. The maximum absolute atomic E-state index is 8.89. The molecule has 1 saturated carbocycles. The molecule has 22 heavy (non-hydrogen) atoms. The Balaban J connectivity index is 1.90. The summed E-state index contributed by atoms with van der Waals surface area (Å²) in [7, 11) is 0. The zero-order valence-corrected chi connectivity index (χ0v) is 13.6. The van der Waals surface area contributed by atoms with E-state index in [0.717, 1.165) is 12.0 Å². The summed E-state index contributed by atoms with van der Waals surface area (Å²) in [5.74, 6) is 1.33. The Morgan fingerprint density at radius 2 is 1.95 bits per heavy atom. The molecule has 1 fully saturated rings. The lowest BCUT2D eigenvalue weighted by Gasteiger charge is -2.34. The highest BCUT2D eigenvalue weighted by Gasteiger charge is 2.28. The van der Waals surface area contributed by atoms with Gasteiger partial charge in [0.05, 0.1) is 24.3 Å². The van der Waals surface area contributed by atoms with Crippen molar-refractivity contribution in [2.75, 3.05) is 6.61 Å². The van der Waals surface area contributed by atoms with E-state index in [1.54, 1.807) is 0 Å². The fourth-order valence-electron chi connectivity index (χ4n) is 3.59. The van der Waals surface area contributed by atoms with Gasteiger partial charge in [-0.3, -0.25) is 0 Å². The minimum absolute atomic E-state index is 0.393. The topological polar surface area (TPSA) is 33.0 Å². The molecule has 0 aliphatic heterocycles. The fraction of sp³-hybridized carbons (Fsp3) is 0.550. The number of benzene rings is 1. The molecular formula is C20H27NO. The van der Waals surface area contributed by atoms with Gasteiger partial charge >= 0.3 is 0 Å². The molecule has 2 nitrogen and oxygen atoms in total. The monoisotopic (exact) mass is 297 g/mol. The normalized spacial score (nSPS) is 22.7. The highest BCUT2D eigenvalue weighted by Crippen LogP contribution is 2.38. The minimum Gasteiger partial charge on any atom is -0.374 e. The smallest absolute Gasteiger partial charge is 0.0991 e. The number of nitriles is 1. The van der Waals surface area contributed by atoms with E-state index in [2.05, 4.69) is 31.7 Å². The quantitative estimate of drug-likeness (QED) is 0.648. The average Bonchev–Trinajstić information content (AvgIpc) is 2.59. The minimum atomic E-state index is 0.393. The average molecular weight is 297 g/mol. The third-order valence-electron chi connectivity index (χ3n) is 4.81. The molecule has 0 spiro atoms. The van der Waals surface area contributed by atoms with E-state index in [9.17, 15) is 0 Å². The van der Waals surface area contributed by atoms with Crippen molar-refractivity contribution in [2.24, 2.45) is 5.92 Å². The molecule has 1 unspecified atom stereocenters. The van der Waals surface area contributed by atoms with Crippen LogP contribution < -0.4 is 0 Å². The van der Waals surface area contributed by atoms with E-state index in [-0.39, 0.29) is 0 Å². The lowest BCUT2D eigenvalue weighted by molar-refractivity contribution is 0.00785. The molecule has 0 amide bonds. The number of rotatable bonds is 7. The highest BCUT2D eigenvalue weighted by atomic mass is 16.5. The molecule has 0 N–H and O–H groups in total. The van der Waals surface area contributed by atoms with Gasteiger partial charge in [-0.1, -0.05) is 31.6 Å². The van der Waals surface area contributed by atoms with Crippen LogP contribution in [0.4, 0.5) is 0 Å². The Morgan fingerprint density at radius 3 is 2.50 bits per heavy atom. The van der Waals surface area contributed by atoms with Crippen molar-refractivity contribution in [1.29, 1.82) is 5.26 Å². The van der Waals surface area contributed by atoms with E-state index in [1.807, 2.05) is 18.2 Å². The standard InChI is InChI=1S/C20H27NO/c1-3-5-20(22-14-4-2)19-12-10-18(11-13-19)17-8-6-16(15-21)7-9-17/h4,6-9,18-20H,2-3,5,10-14H2,1H3/t18-,19-,20?. The van der Waals surface area contributed by atoms with Crippen LogP contribution >= 0.6 is 0 Å². The summed E-state index contributed by atoms with van der Waals surface area (Å²) in [6, 6.07) is 10.3. The van der Waals surface area contributed by atoms with Crippen LogP contribution in [0.1, 0.15) is 62.5 Å². The van der Waals surface area contributed by atoms with Crippen LogP contribution in [0.25, 0.3) is 0 Å². The van der Waals surface area contributed by atoms with Crippen LogP contribution in [0.15, 0.2) is 36.9 Å². The van der Waals surface area contributed by atoms with Crippen molar-refractivity contribution in [1.82, 2.24) is 0 Å². The van der Waals surface area contributed by atoms with Gasteiger partial charge in [0.1, 0.15) is 0 Å². The van der Waals surface area contributed by atoms with Crippen LogP contribution in [-0.4, -0.2) is 12.7 Å². The van der Waals surface area contributed by atoms with E-state index >= 15 is 0 Å². The SMILES string of the molecule is C=CCOC(CCC)[C@H]1CC[C@H](c2ccc(C#N)cc2)CC1. The molecule has 2 heteroatoms. The first-order valence-electron chi connectivity index (χ1n) is 8.51. The molecule has 2 rings (SSSR count). The predicted octanol–water partition coefficient (Wildman–Crippen LogP) is 5.20. The van der Waals surface area contributed by atoms with Gasteiger partial charge < -0.3 is 4.74 Å². The summed E-state index contributed by atoms with van der Waals surface area (Å²) in [5.41, 5.74) is 2.13. The third kappa shape index (κ3) is 4.45. The van der Waals surface area contributed by atoms with Gasteiger partial charge in [0.15, 0.2) is 0 Å². The number of ether oxygens (including phenoxy) is 1. The van der Waals surface area contributed by atoms with E-state index in [4.69, 9.17) is 10.00 Å². The Hall–Kier alpha value is -1.59. The molecule has 0 saturated heterocycles. The van der Waals surface area contributed by atoms with Crippen LogP contribution in [0.5, 0.6) is 0 Å². The molecule has 0 bridgehead atoms. The van der Waals surface area contributed by atoms with Crippen LogP contribution in [0.3, 0.4) is 0 Å². The van der Waals surface area contributed by atoms with Crippen molar-refractivity contribution in [3.8, 4) is 6.07 Å². The fourth-order valence-corrected chi connectivity index (χ4v) is 3.59. The van der Waals surface area contributed by atoms with Crippen LogP contribution in [0.2, 0.25) is 0 Å². The molecule has 1 aliphatic rings. The first kappa shape index (κ1) is 16.8. The summed E-state index contributed by atoms with van der Waals surface area (Å²) in [5, 5.41) is 8.89. The van der Waals surface area contributed by atoms with Gasteiger partial charge in [0.2, 0.25) is 0 Å². The summed E-state index contributed by atoms with van der Waals surface area (Å²) in [6.45, 7) is 6.65. The Morgan fingerprint density at radius 1 is 1.27 bits per heavy atom. The molecule has 118 valence electrons. The second-order valence-electron chi connectivity index (χ2n) is 6.29. The van der Waals surface area contributed by atoms with Crippen molar-refractivity contribution in [3.05, 3.63) is 48.0 Å². The molecule has 0 radical (unpaired) electrons. The molecule has 1 aromatic carbocycles. The van der Waals surface area contributed by atoms with Gasteiger partial charge in [-0.15, -0.1) is 6.58 Å². The Bertz CT molecular complexity index is 491. The molecule has 1 atom stereocenters. The highest BCUT2D eigenvalue weighted by molar-refractivity contribution is 5.33. The van der Waals surface area contributed by atoms with Gasteiger partial charge in [-0.05, 0) is 61.6 Å². The Labute approximate surface area is 134 Å². The number of hydrogen-bond acceptors (Lipinski definition) is 2. The summed E-state index contributed by atoms with van der Waals surface area (Å²) in [6.07, 6.45) is 9.52. The van der Waals surface area contributed by atoms with E-state index in [0.29, 0.717) is 24.5 Å². The molecule has 0 aromatic heterocycles. The van der Waals surface area contributed by atoms with Crippen molar-refractivity contribution < 1.29 is 4.74 Å². The predicted molar refractivity (Wildman–Crippen MR) is 90.7 cm³/mol. The lowest BCUT2D eigenvalue weighted by atomic mass is 9.76. The lowest BCUT2D eigenvalue weighted by Crippen LogP contribution is -2.28. The van der Waals surface area contributed by atoms with Crippen molar-refractivity contribution >= 4 is 0 Å². The van der Waals surface area contributed by atoms with Crippen molar-refractivity contribution in [2.45, 2.75) is 57.5 Å². The van der Waals surface area contributed by atoms with E-state index < -0.39 is 0 Å². The molecule has 1 aromatic rings. The van der Waals surface area contributed by atoms with Crippen LogP contribution in [0, 0.1) is 17.2 Å².